The summed E-state index contributed by atoms with van der Waals surface area (Å²) in [6, 6.07) is 2.67. The lowest BCUT2D eigenvalue weighted by Crippen LogP contribution is -2.08. The molecule has 0 spiro atoms. The molecule has 0 amide bonds. The molecule has 6 heteroatoms. The van der Waals surface area contributed by atoms with Gasteiger partial charge in [0.25, 0.3) is 0 Å². The van der Waals surface area contributed by atoms with Crippen LogP contribution >= 0.6 is 0 Å². The van der Waals surface area contributed by atoms with Gasteiger partial charge in [0, 0.05) is 30.9 Å². The number of hydrogen-bond donors (Lipinski definition) is 1. The minimum Gasteiger partial charge on any atom is -0.335 e. The summed E-state index contributed by atoms with van der Waals surface area (Å²) in [5.41, 5.74) is 5.43. The standard InChI is InChI=1S/C12H11F2N3O/c13-9-3-8(4-10(14)5-9)12(18)11-6-17(2-1-15)7-16-11/h3-7H,1-2,15H2. The molecular weight excluding hydrogens is 240 g/mol. The number of ketones is 1. The van der Waals surface area contributed by atoms with Crippen molar-refractivity contribution in [2.75, 3.05) is 6.54 Å². The van der Waals surface area contributed by atoms with E-state index in [-0.39, 0.29) is 11.3 Å². The first kappa shape index (κ1) is 12.4. The minimum atomic E-state index is -0.792. The van der Waals surface area contributed by atoms with Gasteiger partial charge in [-0.15, -0.1) is 0 Å². The number of imidazole rings is 1. The van der Waals surface area contributed by atoms with Crippen molar-refractivity contribution in [1.29, 1.82) is 0 Å². The second-order valence-corrected chi connectivity index (χ2v) is 3.77. The maximum absolute atomic E-state index is 13.0. The molecule has 0 aliphatic rings. The SMILES string of the molecule is NCCn1cnc(C(=O)c2cc(F)cc(F)c2)c1. The van der Waals surface area contributed by atoms with Gasteiger partial charge >= 0.3 is 0 Å². The number of carbonyl (C=O) groups excluding carboxylic acids is 1. The molecule has 2 N–H and O–H groups in total. The van der Waals surface area contributed by atoms with E-state index in [1.807, 2.05) is 0 Å². The molecule has 0 unspecified atom stereocenters. The molecule has 0 saturated heterocycles. The highest BCUT2D eigenvalue weighted by Crippen LogP contribution is 2.12. The van der Waals surface area contributed by atoms with E-state index in [9.17, 15) is 13.6 Å². The van der Waals surface area contributed by atoms with Crippen LogP contribution in [0.4, 0.5) is 8.78 Å². The summed E-state index contributed by atoms with van der Waals surface area (Å²) in [6.45, 7) is 0.941. The van der Waals surface area contributed by atoms with Crippen LogP contribution in [-0.4, -0.2) is 21.9 Å². The molecular formula is C12H11F2N3O. The van der Waals surface area contributed by atoms with Crippen molar-refractivity contribution in [3.63, 3.8) is 0 Å². The lowest BCUT2D eigenvalue weighted by Gasteiger charge is -1.99. The number of nitrogens with zero attached hydrogens (tertiary/aromatic N) is 2. The molecule has 0 aliphatic heterocycles. The zero-order chi connectivity index (χ0) is 13.1. The molecule has 4 nitrogen and oxygen atoms in total. The van der Waals surface area contributed by atoms with E-state index in [0.717, 1.165) is 12.1 Å². The van der Waals surface area contributed by atoms with Crippen LogP contribution in [-0.2, 0) is 6.54 Å². The highest BCUT2D eigenvalue weighted by atomic mass is 19.1. The van der Waals surface area contributed by atoms with Gasteiger partial charge in [0.15, 0.2) is 0 Å². The minimum absolute atomic E-state index is 0.0644. The third kappa shape index (κ3) is 2.60. The lowest BCUT2D eigenvalue weighted by atomic mass is 10.1. The van der Waals surface area contributed by atoms with E-state index in [1.54, 1.807) is 4.57 Å². The van der Waals surface area contributed by atoms with Crippen LogP contribution in [0.2, 0.25) is 0 Å². The van der Waals surface area contributed by atoms with Crippen LogP contribution in [0.1, 0.15) is 16.1 Å². The van der Waals surface area contributed by atoms with Gasteiger partial charge in [0.1, 0.15) is 17.3 Å². The van der Waals surface area contributed by atoms with Crippen LogP contribution in [0.5, 0.6) is 0 Å². The summed E-state index contributed by atoms with van der Waals surface area (Å²) < 4.78 is 27.6. The Hall–Kier alpha value is -2.08. The third-order valence-corrected chi connectivity index (χ3v) is 2.38. The molecule has 0 saturated carbocycles. The summed E-state index contributed by atoms with van der Waals surface area (Å²) in [5.74, 6) is -2.11. The Bertz CT molecular complexity index is 560. The Labute approximate surface area is 102 Å². The van der Waals surface area contributed by atoms with Gasteiger partial charge in [-0.1, -0.05) is 0 Å². The van der Waals surface area contributed by atoms with Crippen LogP contribution in [0.3, 0.4) is 0 Å². The molecule has 1 aromatic carbocycles. The van der Waals surface area contributed by atoms with E-state index in [4.69, 9.17) is 5.73 Å². The molecule has 0 fully saturated rings. The number of aromatic nitrogens is 2. The topological polar surface area (TPSA) is 60.9 Å². The summed E-state index contributed by atoms with van der Waals surface area (Å²) in [5, 5.41) is 0. The van der Waals surface area contributed by atoms with Gasteiger partial charge in [-0.25, -0.2) is 13.8 Å². The monoisotopic (exact) mass is 251 g/mol. The van der Waals surface area contributed by atoms with E-state index in [1.165, 1.54) is 12.5 Å². The summed E-state index contributed by atoms with van der Waals surface area (Å²) in [7, 11) is 0. The molecule has 0 atom stereocenters. The summed E-state index contributed by atoms with van der Waals surface area (Å²) in [6.07, 6.45) is 2.95. The van der Waals surface area contributed by atoms with Gasteiger partial charge < -0.3 is 10.3 Å². The normalized spacial score (nSPS) is 10.6. The molecule has 2 aromatic rings. The van der Waals surface area contributed by atoms with Crippen LogP contribution < -0.4 is 5.73 Å². The van der Waals surface area contributed by atoms with Crippen molar-refractivity contribution >= 4 is 5.78 Å². The zero-order valence-corrected chi connectivity index (χ0v) is 9.44. The second kappa shape index (κ2) is 5.05. The highest BCUT2D eigenvalue weighted by molar-refractivity contribution is 6.07. The Balaban J connectivity index is 2.29. The molecule has 2 rings (SSSR count). The van der Waals surface area contributed by atoms with Crippen molar-refractivity contribution in [1.82, 2.24) is 9.55 Å². The highest BCUT2D eigenvalue weighted by Gasteiger charge is 2.14. The number of halogens is 2. The predicted molar refractivity (Wildman–Crippen MR) is 61.1 cm³/mol. The largest absolute Gasteiger partial charge is 0.335 e. The molecule has 0 radical (unpaired) electrons. The summed E-state index contributed by atoms with van der Waals surface area (Å²) >= 11 is 0. The Morgan fingerprint density at radius 1 is 1.28 bits per heavy atom. The first-order valence-electron chi connectivity index (χ1n) is 5.33. The van der Waals surface area contributed by atoms with E-state index < -0.39 is 17.4 Å². The Kier molecular flexibility index (Phi) is 3.47. The maximum Gasteiger partial charge on any atom is 0.213 e. The van der Waals surface area contributed by atoms with E-state index in [2.05, 4.69) is 4.98 Å². The van der Waals surface area contributed by atoms with Crippen molar-refractivity contribution in [2.24, 2.45) is 5.73 Å². The predicted octanol–water partition coefficient (Wildman–Crippen LogP) is 1.35. The zero-order valence-electron chi connectivity index (χ0n) is 9.44. The second-order valence-electron chi connectivity index (χ2n) is 3.77. The quantitative estimate of drug-likeness (QED) is 0.834. The van der Waals surface area contributed by atoms with Gasteiger partial charge in [0.2, 0.25) is 5.78 Å². The molecule has 1 aromatic heterocycles. The van der Waals surface area contributed by atoms with Gasteiger partial charge in [0.05, 0.1) is 6.33 Å². The van der Waals surface area contributed by atoms with Crippen LogP contribution in [0, 0.1) is 11.6 Å². The number of rotatable bonds is 4. The number of carbonyl (C=O) groups is 1. The van der Waals surface area contributed by atoms with Gasteiger partial charge in [-0.05, 0) is 12.1 Å². The molecule has 1 heterocycles. The molecule has 0 aliphatic carbocycles. The fraction of sp³-hybridized carbons (Fsp3) is 0.167. The molecule has 0 bridgehead atoms. The van der Waals surface area contributed by atoms with Crippen molar-refractivity contribution in [2.45, 2.75) is 6.54 Å². The van der Waals surface area contributed by atoms with E-state index >= 15 is 0 Å². The van der Waals surface area contributed by atoms with Crippen molar-refractivity contribution in [3.05, 3.63) is 53.6 Å². The maximum atomic E-state index is 13.0. The first-order chi connectivity index (χ1) is 8.60. The fourth-order valence-electron chi connectivity index (χ4n) is 1.58. The number of benzene rings is 1. The average Bonchev–Trinajstić information content (AvgIpc) is 2.76. The molecule has 94 valence electrons. The Morgan fingerprint density at radius 2 is 1.94 bits per heavy atom. The number of nitrogens with two attached hydrogens (primary N) is 1. The van der Waals surface area contributed by atoms with Crippen LogP contribution in [0.25, 0.3) is 0 Å². The smallest absolute Gasteiger partial charge is 0.213 e. The Morgan fingerprint density at radius 3 is 2.56 bits per heavy atom. The third-order valence-electron chi connectivity index (χ3n) is 2.38. The number of hydrogen-bond acceptors (Lipinski definition) is 3. The average molecular weight is 251 g/mol. The lowest BCUT2D eigenvalue weighted by molar-refractivity contribution is 0.103. The first-order valence-corrected chi connectivity index (χ1v) is 5.33. The van der Waals surface area contributed by atoms with Crippen molar-refractivity contribution in [3.8, 4) is 0 Å². The summed E-state index contributed by atoms with van der Waals surface area (Å²) in [4.78, 5) is 15.8. The fourth-order valence-corrected chi connectivity index (χ4v) is 1.58. The van der Waals surface area contributed by atoms with E-state index in [0.29, 0.717) is 19.2 Å². The van der Waals surface area contributed by atoms with Crippen molar-refractivity contribution < 1.29 is 13.6 Å². The van der Waals surface area contributed by atoms with Gasteiger partial charge in [-0.2, -0.15) is 0 Å². The van der Waals surface area contributed by atoms with Gasteiger partial charge in [-0.3, -0.25) is 4.79 Å². The molecule has 18 heavy (non-hydrogen) atoms. The van der Waals surface area contributed by atoms with Crippen LogP contribution in [0.15, 0.2) is 30.7 Å².